The number of carbonyl (C=O) groups excluding carboxylic acids is 1. The van der Waals surface area contributed by atoms with Gasteiger partial charge in [-0.3, -0.25) is 14.9 Å². The average molecular weight is 478 g/mol. The van der Waals surface area contributed by atoms with Gasteiger partial charge in [-0.05, 0) is 48.8 Å². The molecule has 8 nitrogen and oxygen atoms in total. The highest BCUT2D eigenvalue weighted by Crippen LogP contribution is 2.40. The summed E-state index contributed by atoms with van der Waals surface area (Å²) in [5.74, 6) is -2.24. The number of rotatable bonds is 14. The first-order chi connectivity index (χ1) is 16.2. The van der Waals surface area contributed by atoms with Crippen LogP contribution < -0.4 is 0 Å². The Morgan fingerprint density at radius 3 is 2.38 bits per heavy atom. The second kappa shape index (κ2) is 13.3. The van der Waals surface area contributed by atoms with E-state index in [1.54, 1.807) is 19.1 Å². The van der Waals surface area contributed by atoms with Crippen LogP contribution in [0.25, 0.3) is 0 Å². The molecule has 1 aliphatic rings. The standard InChI is InChI=1S/C26H39NO7/c1-3-4-5-6-7-11-14-34-23(28)18-26(25(30)31,27(32)33)17-20-15-19(2)24(29)22(16-20)21-12-9-8-10-13-21/h15-16,21,29H,3-14,17-18H2,1-2H3,(H,30,31). The van der Waals surface area contributed by atoms with E-state index in [1.807, 2.05) is 0 Å². The lowest BCUT2D eigenvalue weighted by Gasteiger charge is -2.25. The highest BCUT2D eigenvalue weighted by atomic mass is 16.6. The third kappa shape index (κ3) is 7.43. The van der Waals surface area contributed by atoms with Crippen LogP contribution >= 0.6 is 0 Å². The Balaban J connectivity index is 2.14. The van der Waals surface area contributed by atoms with Crippen molar-refractivity contribution in [3.8, 4) is 5.75 Å². The Morgan fingerprint density at radius 2 is 1.76 bits per heavy atom. The number of phenolic OH excluding ortho intramolecular Hbond substituents is 1. The van der Waals surface area contributed by atoms with Gasteiger partial charge in [0.05, 0.1) is 13.0 Å². The number of carbonyl (C=O) groups is 2. The van der Waals surface area contributed by atoms with Gasteiger partial charge in [0.2, 0.25) is 0 Å². The number of hydrogen-bond donors (Lipinski definition) is 2. The van der Waals surface area contributed by atoms with Crippen molar-refractivity contribution in [3.05, 3.63) is 38.9 Å². The van der Waals surface area contributed by atoms with Crippen molar-refractivity contribution < 1.29 is 29.5 Å². The molecular weight excluding hydrogens is 438 g/mol. The van der Waals surface area contributed by atoms with Gasteiger partial charge in [-0.15, -0.1) is 0 Å². The van der Waals surface area contributed by atoms with Crippen LogP contribution in [0.1, 0.15) is 107 Å². The number of unbranched alkanes of at least 4 members (excludes halogenated alkanes) is 5. The zero-order valence-corrected chi connectivity index (χ0v) is 20.5. The van der Waals surface area contributed by atoms with Gasteiger partial charge < -0.3 is 14.9 Å². The van der Waals surface area contributed by atoms with E-state index in [-0.39, 0.29) is 18.3 Å². The first kappa shape index (κ1) is 27.6. The summed E-state index contributed by atoms with van der Waals surface area (Å²) in [6, 6.07) is 3.26. The first-order valence-electron chi connectivity index (χ1n) is 12.6. The molecule has 1 atom stereocenters. The fraction of sp³-hybridized carbons (Fsp3) is 0.692. The van der Waals surface area contributed by atoms with Gasteiger partial charge in [-0.1, -0.05) is 70.4 Å². The number of nitro groups is 1. The number of phenols is 1. The maximum atomic E-state index is 12.4. The lowest BCUT2D eigenvalue weighted by Crippen LogP contribution is -2.50. The first-order valence-corrected chi connectivity index (χ1v) is 12.6. The molecule has 1 unspecified atom stereocenters. The number of aliphatic carboxylic acids is 1. The van der Waals surface area contributed by atoms with Crippen LogP contribution in [0.3, 0.4) is 0 Å². The molecule has 1 aliphatic carbocycles. The van der Waals surface area contributed by atoms with Crippen LogP contribution in [0.4, 0.5) is 0 Å². The summed E-state index contributed by atoms with van der Waals surface area (Å²) in [5, 5.41) is 32.4. The van der Waals surface area contributed by atoms with Gasteiger partial charge in [-0.2, -0.15) is 0 Å². The molecule has 0 aromatic heterocycles. The molecule has 34 heavy (non-hydrogen) atoms. The molecule has 0 radical (unpaired) electrons. The van der Waals surface area contributed by atoms with Gasteiger partial charge in [0.25, 0.3) is 0 Å². The molecule has 1 saturated carbocycles. The minimum absolute atomic E-state index is 0.127. The maximum absolute atomic E-state index is 12.4. The largest absolute Gasteiger partial charge is 0.507 e. The van der Waals surface area contributed by atoms with Crippen LogP contribution in [0.15, 0.2) is 12.1 Å². The molecule has 1 aromatic carbocycles. The van der Waals surface area contributed by atoms with E-state index >= 15 is 0 Å². The summed E-state index contributed by atoms with van der Waals surface area (Å²) in [6.07, 6.45) is 9.74. The Kier molecular flexibility index (Phi) is 10.8. The molecule has 2 N–H and O–H groups in total. The third-order valence-corrected chi connectivity index (χ3v) is 6.88. The number of carboxylic acid groups (broad SMARTS) is 1. The summed E-state index contributed by atoms with van der Waals surface area (Å²) in [6.45, 7) is 3.96. The smallest absolute Gasteiger partial charge is 0.383 e. The van der Waals surface area contributed by atoms with E-state index in [9.17, 15) is 29.9 Å². The average Bonchev–Trinajstić information content (AvgIpc) is 2.80. The molecule has 0 aliphatic heterocycles. The van der Waals surface area contributed by atoms with Crippen molar-refractivity contribution >= 4 is 11.9 Å². The minimum Gasteiger partial charge on any atom is -0.507 e. The Labute approximate surface area is 201 Å². The van der Waals surface area contributed by atoms with Gasteiger partial charge in [0.1, 0.15) is 12.2 Å². The van der Waals surface area contributed by atoms with Crippen molar-refractivity contribution in [3.63, 3.8) is 0 Å². The summed E-state index contributed by atoms with van der Waals surface area (Å²) in [4.78, 5) is 35.6. The van der Waals surface area contributed by atoms with Crippen molar-refractivity contribution in [2.45, 2.75) is 109 Å². The molecule has 0 amide bonds. The molecule has 190 valence electrons. The normalized spacial score (nSPS) is 16.1. The van der Waals surface area contributed by atoms with E-state index in [2.05, 4.69) is 6.92 Å². The van der Waals surface area contributed by atoms with E-state index in [0.717, 1.165) is 64.2 Å². The SMILES string of the molecule is CCCCCCCCOC(=O)CC(Cc1cc(C)c(O)c(C2CCCCC2)c1)(C(=O)O)[N+](=O)[O-]. The lowest BCUT2D eigenvalue weighted by molar-refractivity contribution is -0.554. The topological polar surface area (TPSA) is 127 Å². The van der Waals surface area contributed by atoms with Crippen LogP contribution in [0.5, 0.6) is 5.75 Å². The van der Waals surface area contributed by atoms with Gasteiger partial charge in [0.15, 0.2) is 0 Å². The molecule has 0 saturated heterocycles. The number of carboxylic acids is 1. The van der Waals surface area contributed by atoms with E-state index < -0.39 is 35.2 Å². The number of ether oxygens (including phenoxy) is 1. The van der Waals surface area contributed by atoms with Crippen molar-refractivity contribution in [1.29, 1.82) is 0 Å². The number of esters is 1. The quantitative estimate of drug-likeness (QED) is 0.153. The van der Waals surface area contributed by atoms with E-state index in [1.165, 1.54) is 0 Å². The number of aromatic hydroxyl groups is 1. The molecule has 1 aromatic rings. The fourth-order valence-electron chi connectivity index (χ4n) is 4.83. The molecule has 0 bridgehead atoms. The van der Waals surface area contributed by atoms with Gasteiger partial charge in [-0.25, -0.2) is 4.79 Å². The molecule has 1 fully saturated rings. The zero-order chi connectivity index (χ0) is 25.1. The monoisotopic (exact) mass is 477 g/mol. The number of hydrogen-bond acceptors (Lipinski definition) is 6. The second-order valence-corrected chi connectivity index (χ2v) is 9.62. The fourth-order valence-corrected chi connectivity index (χ4v) is 4.83. The van der Waals surface area contributed by atoms with E-state index in [0.29, 0.717) is 23.1 Å². The minimum atomic E-state index is -2.52. The maximum Gasteiger partial charge on any atom is 0.383 e. The third-order valence-electron chi connectivity index (χ3n) is 6.88. The van der Waals surface area contributed by atoms with Gasteiger partial charge >= 0.3 is 17.5 Å². The van der Waals surface area contributed by atoms with E-state index in [4.69, 9.17) is 4.74 Å². The predicted octanol–water partition coefficient (Wildman–Crippen LogP) is 5.68. The van der Waals surface area contributed by atoms with Crippen molar-refractivity contribution in [2.75, 3.05) is 6.61 Å². The van der Waals surface area contributed by atoms with Crippen LogP contribution in [0.2, 0.25) is 0 Å². The Hall–Kier alpha value is -2.64. The molecule has 0 heterocycles. The number of benzene rings is 1. The molecular formula is C26H39NO7. The van der Waals surface area contributed by atoms with Crippen LogP contribution in [0, 0.1) is 17.0 Å². The van der Waals surface area contributed by atoms with Crippen molar-refractivity contribution in [1.82, 2.24) is 0 Å². The second-order valence-electron chi connectivity index (χ2n) is 9.62. The Bertz CT molecular complexity index is 832. The summed E-state index contributed by atoms with van der Waals surface area (Å²) >= 11 is 0. The number of aryl methyl sites for hydroxylation is 1. The zero-order valence-electron chi connectivity index (χ0n) is 20.5. The van der Waals surface area contributed by atoms with Crippen LogP contribution in [-0.4, -0.2) is 39.2 Å². The van der Waals surface area contributed by atoms with Crippen molar-refractivity contribution in [2.24, 2.45) is 0 Å². The highest BCUT2D eigenvalue weighted by Gasteiger charge is 2.54. The summed E-state index contributed by atoms with van der Waals surface area (Å²) in [5.41, 5.74) is -0.834. The number of nitrogens with zero attached hydrogens (tertiary/aromatic N) is 1. The lowest BCUT2D eigenvalue weighted by atomic mass is 9.80. The predicted molar refractivity (Wildman–Crippen MR) is 129 cm³/mol. The molecule has 0 spiro atoms. The summed E-state index contributed by atoms with van der Waals surface area (Å²) in [7, 11) is 0. The van der Waals surface area contributed by atoms with Crippen LogP contribution in [-0.2, 0) is 20.7 Å². The Morgan fingerprint density at radius 1 is 1.12 bits per heavy atom. The molecule has 8 heteroatoms. The molecule has 2 rings (SSSR count). The summed E-state index contributed by atoms with van der Waals surface area (Å²) < 4.78 is 5.16. The highest BCUT2D eigenvalue weighted by molar-refractivity contribution is 5.84. The van der Waals surface area contributed by atoms with Gasteiger partial charge in [0, 0.05) is 4.92 Å².